The van der Waals surface area contributed by atoms with E-state index in [-0.39, 0.29) is 12.0 Å². The number of amides is 1. The van der Waals surface area contributed by atoms with Crippen LogP contribution >= 0.6 is 11.3 Å². The molecule has 0 fully saturated rings. The van der Waals surface area contributed by atoms with Crippen LogP contribution in [0.1, 0.15) is 47.8 Å². The summed E-state index contributed by atoms with van der Waals surface area (Å²) in [5.74, 6) is 0.245. The first-order valence-electron chi connectivity index (χ1n) is 5.42. The number of thiazole rings is 1. The van der Waals surface area contributed by atoms with E-state index >= 15 is 0 Å². The van der Waals surface area contributed by atoms with Crippen LogP contribution in [-0.4, -0.2) is 28.6 Å². The standard InChI is InChI=1S/C11H18N2O2S/c1-7(2)11-13-6-9(16-11)10(15)12-5-4-8(3)14/h6-8,14H,4-5H2,1-3H3,(H,12,15). The summed E-state index contributed by atoms with van der Waals surface area (Å²) in [6, 6.07) is 0. The van der Waals surface area contributed by atoms with E-state index in [1.165, 1.54) is 11.3 Å². The minimum Gasteiger partial charge on any atom is -0.393 e. The number of carbonyl (C=O) groups excluding carboxylic acids is 1. The lowest BCUT2D eigenvalue weighted by Crippen LogP contribution is -2.25. The van der Waals surface area contributed by atoms with Gasteiger partial charge in [0.1, 0.15) is 4.88 Å². The lowest BCUT2D eigenvalue weighted by Gasteiger charge is -2.04. The van der Waals surface area contributed by atoms with E-state index in [1.807, 2.05) is 13.8 Å². The largest absolute Gasteiger partial charge is 0.393 e. The number of aromatic nitrogens is 1. The van der Waals surface area contributed by atoms with Crippen LogP contribution in [0.5, 0.6) is 0 Å². The van der Waals surface area contributed by atoms with Crippen LogP contribution in [0.2, 0.25) is 0 Å². The summed E-state index contributed by atoms with van der Waals surface area (Å²) >= 11 is 1.42. The zero-order valence-electron chi connectivity index (χ0n) is 9.86. The SMILES string of the molecule is CC(O)CCNC(=O)c1cnc(C(C)C)s1. The van der Waals surface area contributed by atoms with Crippen molar-refractivity contribution < 1.29 is 9.90 Å². The molecule has 1 unspecified atom stereocenters. The molecule has 0 aliphatic carbocycles. The minimum atomic E-state index is -0.381. The van der Waals surface area contributed by atoms with Gasteiger partial charge in [-0.2, -0.15) is 0 Å². The van der Waals surface area contributed by atoms with Crippen LogP contribution < -0.4 is 5.32 Å². The van der Waals surface area contributed by atoms with Crippen molar-refractivity contribution in [2.75, 3.05) is 6.54 Å². The number of hydrogen-bond donors (Lipinski definition) is 2. The molecule has 4 nitrogen and oxygen atoms in total. The third kappa shape index (κ3) is 3.90. The smallest absolute Gasteiger partial charge is 0.263 e. The Balaban J connectivity index is 2.46. The molecule has 0 bridgehead atoms. The van der Waals surface area contributed by atoms with Gasteiger partial charge in [-0.3, -0.25) is 4.79 Å². The molecule has 1 atom stereocenters. The third-order valence-electron chi connectivity index (χ3n) is 2.09. The lowest BCUT2D eigenvalue weighted by atomic mass is 10.2. The maximum Gasteiger partial charge on any atom is 0.263 e. The number of carbonyl (C=O) groups is 1. The summed E-state index contributed by atoms with van der Waals surface area (Å²) < 4.78 is 0. The zero-order valence-corrected chi connectivity index (χ0v) is 10.7. The first-order chi connectivity index (χ1) is 7.50. The van der Waals surface area contributed by atoms with Crippen molar-refractivity contribution in [1.82, 2.24) is 10.3 Å². The Bertz CT molecular complexity index is 348. The fourth-order valence-electron chi connectivity index (χ4n) is 1.14. The fourth-order valence-corrected chi connectivity index (χ4v) is 1.98. The van der Waals surface area contributed by atoms with Crippen molar-refractivity contribution in [3.05, 3.63) is 16.1 Å². The van der Waals surface area contributed by atoms with Crippen LogP contribution in [0.25, 0.3) is 0 Å². The molecule has 1 heterocycles. The number of nitrogens with zero attached hydrogens (tertiary/aromatic N) is 1. The molecule has 1 aromatic heterocycles. The lowest BCUT2D eigenvalue weighted by molar-refractivity contribution is 0.0949. The Morgan fingerprint density at radius 3 is 2.75 bits per heavy atom. The van der Waals surface area contributed by atoms with Gasteiger partial charge in [-0.25, -0.2) is 4.98 Å². The van der Waals surface area contributed by atoms with E-state index in [2.05, 4.69) is 10.3 Å². The molecule has 0 aliphatic heterocycles. The number of nitrogens with one attached hydrogen (secondary N) is 1. The van der Waals surface area contributed by atoms with Gasteiger partial charge in [0.05, 0.1) is 17.3 Å². The number of aliphatic hydroxyl groups is 1. The molecular weight excluding hydrogens is 224 g/mol. The molecule has 0 aliphatic rings. The van der Waals surface area contributed by atoms with E-state index in [1.54, 1.807) is 13.1 Å². The van der Waals surface area contributed by atoms with Crippen LogP contribution in [0.4, 0.5) is 0 Å². The van der Waals surface area contributed by atoms with Gasteiger partial charge in [-0.1, -0.05) is 13.8 Å². The van der Waals surface area contributed by atoms with E-state index in [0.29, 0.717) is 23.8 Å². The Morgan fingerprint density at radius 2 is 2.25 bits per heavy atom. The van der Waals surface area contributed by atoms with Crippen molar-refractivity contribution in [1.29, 1.82) is 0 Å². The third-order valence-corrected chi connectivity index (χ3v) is 3.39. The van der Waals surface area contributed by atoms with Crippen LogP contribution in [-0.2, 0) is 0 Å². The van der Waals surface area contributed by atoms with Gasteiger partial charge in [0.2, 0.25) is 0 Å². The summed E-state index contributed by atoms with van der Waals surface area (Å²) in [6.07, 6.45) is 1.80. The molecule has 16 heavy (non-hydrogen) atoms. The predicted octanol–water partition coefficient (Wildman–Crippen LogP) is 1.77. The average Bonchev–Trinajstić information content (AvgIpc) is 2.65. The highest BCUT2D eigenvalue weighted by Gasteiger charge is 2.11. The number of hydrogen-bond acceptors (Lipinski definition) is 4. The molecule has 90 valence electrons. The maximum absolute atomic E-state index is 11.6. The molecule has 1 aromatic rings. The van der Waals surface area contributed by atoms with Crippen molar-refractivity contribution in [3.8, 4) is 0 Å². The van der Waals surface area contributed by atoms with Crippen molar-refractivity contribution in [2.45, 2.75) is 39.2 Å². The first-order valence-corrected chi connectivity index (χ1v) is 6.24. The molecule has 2 N–H and O–H groups in total. The molecule has 0 radical (unpaired) electrons. The van der Waals surface area contributed by atoms with E-state index in [4.69, 9.17) is 5.11 Å². The van der Waals surface area contributed by atoms with Crippen molar-refractivity contribution >= 4 is 17.2 Å². The summed E-state index contributed by atoms with van der Waals surface area (Å²) in [6.45, 7) is 6.29. The minimum absolute atomic E-state index is 0.106. The molecule has 1 amide bonds. The van der Waals surface area contributed by atoms with Gasteiger partial charge in [0.25, 0.3) is 5.91 Å². The normalized spacial score (nSPS) is 12.8. The van der Waals surface area contributed by atoms with Crippen LogP contribution in [0.15, 0.2) is 6.20 Å². The highest BCUT2D eigenvalue weighted by molar-refractivity contribution is 7.13. The number of aliphatic hydroxyl groups excluding tert-OH is 1. The summed E-state index contributed by atoms with van der Waals surface area (Å²) in [5.41, 5.74) is 0. The summed E-state index contributed by atoms with van der Waals surface area (Å²) in [4.78, 5) is 16.5. The zero-order chi connectivity index (χ0) is 12.1. The molecule has 5 heteroatoms. The van der Waals surface area contributed by atoms with Gasteiger partial charge in [-0.05, 0) is 13.3 Å². The highest BCUT2D eigenvalue weighted by atomic mass is 32.1. The second-order valence-corrected chi connectivity index (χ2v) is 5.17. The van der Waals surface area contributed by atoms with Gasteiger partial charge in [-0.15, -0.1) is 11.3 Å². The van der Waals surface area contributed by atoms with Gasteiger partial charge >= 0.3 is 0 Å². The molecule has 1 rings (SSSR count). The fraction of sp³-hybridized carbons (Fsp3) is 0.636. The first kappa shape index (κ1) is 13.1. The van der Waals surface area contributed by atoms with Gasteiger partial charge < -0.3 is 10.4 Å². The highest BCUT2D eigenvalue weighted by Crippen LogP contribution is 2.20. The molecule has 0 spiro atoms. The maximum atomic E-state index is 11.6. The quantitative estimate of drug-likeness (QED) is 0.827. The van der Waals surface area contributed by atoms with E-state index in [9.17, 15) is 4.79 Å². The Morgan fingerprint density at radius 1 is 1.56 bits per heavy atom. The summed E-state index contributed by atoms with van der Waals surface area (Å²) in [5, 5.41) is 12.8. The van der Waals surface area contributed by atoms with Gasteiger partial charge in [0.15, 0.2) is 0 Å². The molecular formula is C11H18N2O2S. The molecule has 0 saturated carbocycles. The van der Waals surface area contributed by atoms with E-state index < -0.39 is 0 Å². The Hall–Kier alpha value is -0.940. The predicted molar refractivity (Wildman–Crippen MR) is 64.8 cm³/mol. The van der Waals surface area contributed by atoms with Crippen molar-refractivity contribution in [3.63, 3.8) is 0 Å². The van der Waals surface area contributed by atoms with Crippen LogP contribution in [0, 0.1) is 0 Å². The summed E-state index contributed by atoms with van der Waals surface area (Å²) in [7, 11) is 0. The Labute approximate surface area is 99.7 Å². The van der Waals surface area contributed by atoms with Crippen molar-refractivity contribution in [2.24, 2.45) is 0 Å². The van der Waals surface area contributed by atoms with Gasteiger partial charge in [0, 0.05) is 12.5 Å². The topological polar surface area (TPSA) is 62.2 Å². The molecule has 0 aromatic carbocycles. The monoisotopic (exact) mass is 242 g/mol. The molecule has 0 saturated heterocycles. The van der Waals surface area contributed by atoms with Crippen LogP contribution in [0.3, 0.4) is 0 Å². The second kappa shape index (κ2) is 5.96. The average molecular weight is 242 g/mol. The second-order valence-electron chi connectivity index (χ2n) is 4.11. The number of rotatable bonds is 5. The Kier molecular flexibility index (Phi) is 4.89. The van der Waals surface area contributed by atoms with E-state index in [0.717, 1.165) is 5.01 Å².